The molecule has 3 aromatic rings. The Hall–Kier alpha value is -2.87. The first kappa shape index (κ1) is 23.3. The number of nitrogens with one attached hydrogen (secondary N) is 1. The number of hydrogen-bond acceptors (Lipinski definition) is 6. The van der Waals surface area contributed by atoms with E-state index in [1.165, 1.54) is 13.0 Å². The average molecular weight is 455 g/mol. The van der Waals surface area contributed by atoms with Crippen molar-refractivity contribution >= 4 is 22.5 Å². The lowest BCUT2D eigenvalue weighted by molar-refractivity contribution is 0.271. The van der Waals surface area contributed by atoms with Crippen molar-refractivity contribution in [2.75, 3.05) is 42.9 Å². The van der Waals surface area contributed by atoms with Crippen LogP contribution in [-0.2, 0) is 0 Å². The van der Waals surface area contributed by atoms with E-state index in [1.807, 2.05) is 20.8 Å². The maximum atomic E-state index is 15.0. The molecule has 2 atom stereocenters. The fraction of sp³-hybridized carbons (Fsp3) is 0.480. The number of anilines is 2. The van der Waals surface area contributed by atoms with Gasteiger partial charge in [0.1, 0.15) is 23.6 Å². The zero-order chi connectivity index (χ0) is 23.7. The van der Waals surface area contributed by atoms with Gasteiger partial charge in [0.2, 0.25) is 0 Å². The van der Waals surface area contributed by atoms with Crippen molar-refractivity contribution in [3.63, 3.8) is 0 Å². The van der Waals surface area contributed by atoms with Gasteiger partial charge in [-0.3, -0.25) is 0 Å². The van der Waals surface area contributed by atoms with Crippen LogP contribution < -0.4 is 10.2 Å². The van der Waals surface area contributed by atoms with Gasteiger partial charge in [-0.2, -0.15) is 0 Å². The lowest BCUT2D eigenvalue weighted by atomic mass is 10.0. The third-order valence-corrected chi connectivity index (χ3v) is 6.43. The molecule has 4 rings (SSSR count). The highest BCUT2D eigenvalue weighted by Crippen LogP contribution is 2.32. The molecule has 8 heteroatoms. The van der Waals surface area contributed by atoms with E-state index in [9.17, 15) is 8.78 Å². The minimum atomic E-state index is -1.37. The van der Waals surface area contributed by atoms with Crippen LogP contribution in [0.2, 0.25) is 0 Å². The Morgan fingerprint density at radius 2 is 1.73 bits per heavy atom. The normalized spacial score (nSPS) is 16.8. The SMILES string of the molecule is CCN1CCN(c2cc3c(N[C@H](C)c4cccc(C(C)F)c4F)nc(C)nc3nc2C)CC1. The third-order valence-electron chi connectivity index (χ3n) is 6.43. The molecule has 176 valence electrons. The summed E-state index contributed by atoms with van der Waals surface area (Å²) in [5, 5.41) is 4.13. The van der Waals surface area contributed by atoms with E-state index in [0.29, 0.717) is 22.9 Å². The quantitative estimate of drug-likeness (QED) is 0.558. The van der Waals surface area contributed by atoms with Crippen molar-refractivity contribution in [2.45, 2.75) is 46.8 Å². The van der Waals surface area contributed by atoms with Crippen molar-refractivity contribution in [1.29, 1.82) is 0 Å². The van der Waals surface area contributed by atoms with Crippen molar-refractivity contribution in [1.82, 2.24) is 19.9 Å². The summed E-state index contributed by atoms with van der Waals surface area (Å²) < 4.78 is 28.8. The fourth-order valence-electron chi connectivity index (χ4n) is 4.47. The van der Waals surface area contributed by atoms with E-state index in [0.717, 1.165) is 49.5 Å². The minimum Gasteiger partial charge on any atom is -0.367 e. The second-order valence-corrected chi connectivity index (χ2v) is 8.74. The molecule has 3 heterocycles. The fourth-order valence-corrected chi connectivity index (χ4v) is 4.47. The smallest absolute Gasteiger partial charge is 0.165 e. The van der Waals surface area contributed by atoms with Crippen LogP contribution in [0.15, 0.2) is 24.3 Å². The van der Waals surface area contributed by atoms with E-state index < -0.39 is 18.0 Å². The highest BCUT2D eigenvalue weighted by atomic mass is 19.1. The van der Waals surface area contributed by atoms with Crippen LogP contribution >= 0.6 is 0 Å². The lowest BCUT2D eigenvalue weighted by Crippen LogP contribution is -2.46. The van der Waals surface area contributed by atoms with Crippen LogP contribution in [0.5, 0.6) is 0 Å². The summed E-state index contributed by atoms with van der Waals surface area (Å²) in [6, 6.07) is 6.52. The molecule has 0 spiro atoms. The molecule has 33 heavy (non-hydrogen) atoms. The van der Waals surface area contributed by atoms with Crippen LogP contribution in [0.3, 0.4) is 0 Å². The Morgan fingerprint density at radius 3 is 2.39 bits per heavy atom. The van der Waals surface area contributed by atoms with E-state index in [1.54, 1.807) is 12.1 Å². The topological polar surface area (TPSA) is 57.2 Å². The van der Waals surface area contributed by atoms with Gasteiger partial charge in [0.05, 0.1) is 22.8 Å². The van der Waals surface area contributed by atoms with Gasteiger partial charge in [0, 0.05) is 37.3 Å². The number of pyridine rings is 1. The van der Waals surface area contributed by atoms with Gasteiger partial charge in [-0.05, 0) is 40.3 Å². The Morgan fingerprint density at radius 1 is 1.03 bits per heavy atom. The van der Waals surface area contributed by atoms with Gasteiger partial charge in [-0.15, -0.1) is 0 Å². The summed E-state index contributed by atoms with van der Waals surface area (Å²) in [6.45, 7) is 14.2. The number of hydrogen-bond donors (Lipinski definition) is 1. The molecule has 1 aromatic carbocycles. The van der Waals surface area contributed by atoms with Gasteiger partial charge in [-0.1, -0.05) is 25.1 Å². The standard InChI is InChI=1S/C25H32F2N6/c1-6-32-10-12-33(13-11-32)22-14-21-24(30-18(5)31-25(21)29-17(22)4)28-16(3)20-9-7-8-19(15(2)26)23(20)27/h7-9,14-16H,6,10-13H2,1-5H3,(H,28,29,30,31)/t15?,16-/m1/s1. The largest absolute Gasteiger partial charge is 0.367 e. The molecule has 0 aliphatic carbocycles. The predicted molar refractivity (Wildman–Crippen MR) is 129 cm³/mol. The lowest BCUT2D eigenvalue weighted by Gasteiger charge is -2.36. The number of rotatable bonds is 6. The van der Waals surface area contributed by atoms with Gasteiger partial charge >= 0.3 is 0 Å². The zero-order valence-corrected chi connectivity index (χ0v) is 20.0. The molecular weight excluding hydrogens is 422 g/mol. The maximum absolute atomic E-state index is 15.0. The van der Waals surface area contributed by atoms with Gasteiger partial charge in [0.25, 0.3) is 0 Å². The molecule has 1 N–H and O–H groups in total. The first-order chi connectivity index (χ1) is 15.8. The van der Waals surface area contributed by atoms with Crippen molar-refractivity contribution in [2.24, 2.45) is 0 Å². The number of halogens is 2. The summed E-state index contributed by atoms with van der Waals surface area (Å²) in [4.78, 5) is 18.7. The minimum absolute atomic E-state index is 0.0654. The third kappa shape index (κ3) is 4.76. The van der Waals surface area contributed by atoms with Crippen LogP contribution in [0.4, 0.5) is 20.3 Å². The molecule has 1 fully saturated rings. The van der Waals surface area contributed by atoms with Crippen molar-refractivity contribution < 1.29 is 8.78 Å². The summed E-state index contributed by atoms with van der Waals surface area (Å²) in [6.07, 6.45) is -1.37. The number of likely N-dealkylation sites (N-methyl/N-ethyl adjacent to an activating group) is 1. The summed E-state index contributed by atoms with van der Waals surface area (Å²) in [7, 11) is 0. The first-order valence-electron chi connectivity index (χ1n) is 11.6. The number of benzene rings is 1. The molecule has 1 saturated heterocycles. The second-order valence-electron chi connectivity index (χ2n) is 8.74. The van der Waals surface area contributed by atoms with Gasteiger partial charge in [-0.25, -0.2) is 23.7 Å². The molecule has 6 nitrogen and oxygen atoms in total. The number of piperazine rings is 1. The Kier molecular flexibility index (Phi) is 6.74. The molecule has 2 aromatic heterocycles. The van der Waals surface area contributed by atoms with E-state index in [-0.39, 0.29) is 5.56 Å². The first-order valence-corrected chi connectivity index (χ1v) is 11.6. The van der Waals surface area contributed by atoms with Crippen LogP contribution in [0.25, 0.3) is 11.0 Å². The van der Waals surface area contributed by atoms with Crippen LogP contribution in [-0.4, -0.2) is 52.6 Å². The molecule has 0 saturated carbocycles. The number of nitrogens with zero attached hydrogens (tertiary/aromatic N) is 5. The van der Waals surface area contributed by atoms with Gasteiger partial charge in [0.15, 0.2) is 5.65 Å². The Labute approximate surface area is 194 Å². The summed E-state index contributed by atoms with van der Waals surface area (Å²) in [5.41, 5.74) is 3.08. The summed E-state index contributed by atoms with van der Waals surface area (Å²) >= 11 is 0. The molecule has 0 bridgehead atoms. The molecule has 0 amide bonds. The summed E-state index contributed by atoms with van der Waals surface area (Å²) in [5.74, 6) is 0.662. The van der Waals surface area contributed by atoms with E-state index in [2.05, 4.69) is 38.1 Å². The van der Waals surface area contributed by atoms with Crippen molar-refractivity contribution in [3.05, 3.63) is 52.7 Å². The number of alkyl halides is 1. The van der Waals surface area contributed by atoms with E-state index >= 15 is 0 Å². The van der Waals surface area contributed by atoms with E-state index in [4.69, 9.17) is 4.98 Å². The maximum Gasteiger partial charge on any atom is 0.165 e. The van der Waals surface area contributed by atoms with Crippen molar-refractivity contribution in [3.8, 4) is 0 Å². The molecule has 0 radical (unpaired) electrons. The highest BCUT2D eigenvalue weighted by molar-refractivity contribution is 5.90. The molecule has 1 unspecified atom stereocenters. The molecular formula is C25H32F2N6. The zero-order valence-electron chi connectivity index (χ0n) is 20.0. The van der Waals surface area contributed by atoms with Crippen LogP contribution in [0, 0.1) is 19.7 Å². The Balaban J connectivity index is 1.70. The molecule has 1 aliphatic rings. The molecule has 1 aliphatic heterocycles. The van der Waals surface area contributed by atoms with Crippen LogP contribution in [0.1, 0.15) is 55.6 Å². The predicted octanol–water partition coefficient (Wildman–Crippen LogP) is 5.13. The monoisotopic (exact) mass is 454 g/mol. The number of aromatic nitrogens is 3. The highest BCUT2D eigenvalue weighted by Gasteiger charge is 2.22. The average Bonchev–Trinajstić information content (AvgIpc) is 2.78. The van der Waals surface area contributed by atoms with Gasteiger partial charge < -0.3 is 15.1 Å². The second kappa shape index (κ2) is 9.55. The number of aryl methyl sites for hydroxylation is 2. The number of fused-ring (bicyclic) bond motifs is 1. The Bertz CT molecular complexity index is 1140.